The Bertz CT molecular complexity index is 643. The summed E-state index contributed by atoms with van der Waals surface area (Å²) in [6.45, 7) is 4.59. The molecule has 1 aliphatic carbocycles. The molecule has 5 nitrogen and oxygen atoms in total. The maximum Gasteiger partial charge on any atom is 0.318 e. The first kappa shape index (κ1) is 20.7. The minimum Gasteiger partial charge on any atom is -0.353 e. The van der Waals surface area contributed by atoms with Crippen LogP contribution in [0.25, 0.3) is 0 Å². The van der Waals surface area contributed by atoms with Gasteiger partial charge in [-0.05, 0) is 44.6 Å². The smallest absolute Gasteiger partial charge is 0.318 e. The van der Waals surface area contributed by atoms with Crippen LogP contribution in [0.15, 0.2) is 30.3 Å². The zero-order valence-electron chi connectivity index (χ0n) is 17.3. The van der Waals surface area contributed by atoms with E-state index in [4.69, 9.17) is 0 Å². The highest BCUT2D eigenvalue weighted by molar-refractivity contribution is 5.81. The van der Waals surface area contributed by atoms with Gasteiger partial charge in [-0.1, -0.05) is 56.5 Å². The van der Waals surface area contributed by atoms with Gasteiger partial charge in [-0.15, -0.1) is 0 Å². The first-order valence-electron chi connectivity index (χ1n) is 11.0. The molecule has 1 aliphatic heterocycles. The van der Waals surface area contributed by atoms with E-state index in [2.05, 4.69) is 29.7 Å². The van der Waals surface area contributed by atoms with Crippen LogP contribution in [0.4, 0.5) is 4.79 Å². The van der Waals surface area contributed by atoms with Gasteiger partial charge in [0.15, 0.2) is 0 Å². The molecule has 1 heterocycles. The molecular weight excluding hydrogens is 350 g/mol. The standard InChI is InChI=1S/C23H35N3O2/c1-3-17(2)24-22(27)19-14-15-21(18-10-6-4-7-11-18)26(16-19)23(28)25-20-12-8-5-9-13-20/h4,6-7,10-11,17,19-21H,3,5,8-9,12-16H2,1-2H3,(H,24,27)(H,25,28). The Labute approximate surface area is 169 Å². The summed E-state index contributed by atoms with van der Waals surface area (Å²) in [5, 5.41) is 6.35. The minimum atomic E-state index is -0.133. The number of carbonyl (C=O) groups excluding carboxylic acids is 2. The van der Waals surface area contributed by atoms with Gasteiger partial charge in [0.05, 0.1) is 12.0 Å². The Balaban J connectivity index is 1.72. The number of urea groups is 1. The molecule has 0 aromatic heterocycles. The third kappa shape index (κ3) is 5.27. The Morgan fingerprint density at radius 3 is 2.46 bits per heavy atom. The maximum absolute atomic E-state index is 13.2. The molecule has 3 atom stereocenters. The number of nitrogens with zero attached hydrogens (tertiary/aromatic N) is 1. The maximum atomic E-state index is 13.2. The van der Waals surface area contributed by atoms with Crippen molar-refractivity contribution in [1.82, 2.24) is 15.5 Å². The van der Waals surface area contributed by atoms with E-state index in [-0.39, 0.29) is 36.0 Å². The molecule has 0 radical (unpaired) electrons. The molecule has 2 aliphatic rings. The van der Waals surface area contributed by atoms with Crippen LogP contribution < -0.4 is 10.6 Å². The molecule has 28 heavy (non-hydrogen) atoms. The summed E-state index contributed by atoms with van der Waals surface area (Å²) in [5.41, 5.74) is 1.15. The van der Waals surface area contributed by atoms with E-state index in [0.717, 1.165) is 37.7 Å². The largest absolute Gasteiger partial charge is 0.353 e. The second-order valence-electron chi connectivity index (χ2n) is 8.46. The Morgan fingerprint density at radius 2 is 1.79 bits per heavy atom. The van der Waals surface area contributed by atoms with Crippen LogP contribution in [-0.4, -0.2) is 35.5 Å². The SMILES string of the molecule is CCC(C)NC(=O)C1CCC(c2ccccc2)N(C(=O)NC2CCCCC2)C1. The van der Waals surface area contributed by atoms with Crippen LogP contribution in [0.3, 0.4) is 0 Å². The Hall–Kier alpha value is -2.04. The predicted octanol–water partition coefficient (Wildman–Crippen LogP) is 4.40. The van der Waals surface area contributed by atoms with Crippen molar-refractivity contribution >= 4 is 11.9 Å². The van der Waals surface area contributed by atoms with Gasteiger partial charge in [-0.3, -0.25) is 4.79 Å². The topological polar surface area (TPSA) is 61.4 Å². The van der Waals surface area contributed by atoms with Crippen LogP contribution in [0.2, 0.25) is 0 Å². The molecule has 3 unspecified atom stereocenters. The lowest BCUT2D eigenvalue weighted by molar-refractivity contribution is -0.127. The van der Waals surface area contributed by atoms with E-state index >= 15 is 0 Å². The molecule has 1 saturated heterocycles. The summed E-state index contributed by atoms with van der Waals surface area (Å²) in [4.78, 5) is 27.8. The van der Waals surface area contributed by atoms with Crippen LogP contribution >= 0.6 is 0 Å². The van der Waals surface area contributed by atoms with E-state index in [1.165, 1.54) is 19.3 Å². The summed E-state index contributed by atoms with van der Waals surface area (Å²) in [6.07, 6.45) is 8.31. The van der Waals surface area contributed by atoms with E-state index in [1.807, 2.05) is 30.0 Å². The van der Waals surface area contributed by atoms with Crippen molar-refractivity contribution in [3.05, 3.63) is 35.9 Å². The normalized spacial score (nSPS) is 24.4. The van der Waals surface area contributed by atoms with Gasteiger partial charge in [-0.2, -0.15) is 0 Å². The first-order chi connectivity index (χ1) is 13.6. The number of amides is 3. The zero-order valence-corrected chi connectivity index (χ0v) is 17.3. The first-order valence-corrected chi connectivity index (χ1v) is 11.0. The van der Waals surface area contributed by atoms with Crippen molar-refractivity contribution in [2.24, 2.45) is 5.92 Å². The highest BCUT2D eigenvalue weighted by atomic mass is 16.2. The molecule has 0 bridgehead atoms. The van der Waals surface area contributed by atoms with Crippen molar-refractivity contribution < 1.29 is 9.59 Å². The fourth-order valence-electron chi connectivity index (χ4n) is 4.40. The number of piperidine rings is 1. The highest BCUT2D eigenvalue weighted by Gasteiger charge is 2.36. The van der Waals surface area contributed by atoms with Crippen molar-refractivity contribution in [2.45, 2.75) is 83.3 Å². The number of carbonyl (C=O) groups is 2. The molecule has 1 saturated carbocycles. The summed E-state index contributed by atoms with van der Waals surface area (Å²) in [7, 11) is 0. The van der Waals surface area contributed by atoms with Gasteiger partial charge in [0.25, 0.3) is 0 Å². The lowest BCUT2D eigenvalue weighted by Gasteiger charge is -2.40. The number of nitrogens with one attached hydrogen (secondary N) is 2. The quantitative estimate of drug-likeness (QED) is 0.789. The summed E-state index contributed by atoms with van der Waals surface area (Å²) >= 11 is 0. The summed E-state index contributed by atoms with van der Waals surface area (Å²) < 4.78 is 0. The van der Waals surface area contributed by atoms with Crippen LogP contribution in [0.1, 0.15) is 76.8 Å². The minimum absolute atomic E-state index is 0.0122. The molecule has 154 valence electrons. The van der Waals surface area contributed by atoms with Crippen molar-refractivity contribution in [2.75, 3.05) is 6.54 Å². The third-order valence-electron chi connectivity index (χ3n) is 6.33. The van der Waals surface area contributed by atoms with Crippen molar-refractivity contribution in [3.8, 4) is 0 Å². The molecule has 2 N–H and O–H groups in total. The molecule has 5 heteroatoms. The van der Waals surface area contributed by atoms with Crippen LogP contribution in [0.5, 0.6) is 0 Å². The average Bonchev–Trinajstić information content (AvgIpc) is 2.74. The monoisotopic (exact) mass is 385 g/mol. The summed E-state index contributed by atoms with van der Waals surface area (Å²) in [6, 6.07) is 10.7. The number of hydrogen-bond donors (Lipinski definition) is 2. The average molecular weight is 386 g/mol. The van der Waals surface area contributed by atoms with Gasteiger partial charge >= 0.3 is 6.03 Å². The fraction of sp³-hybridized carbons (Fsp3) is 0.652. The lowest BCUT2D eigenvalue weighted by Crippen LogP contribution is -2.53. The van der Waals surface area contributed by atoms with Crippen LogP contribution in [-0.2, 0) is 4.79 Å². The van der Waals surface area contributed by atoms with Gasteiger partial charge in [0, 0.05) is 18.6 Å². The van der Waals surface area contributed by atoms with Crippen LogP contribution in [0, 0.1) is 5.92 Å². The fourth-order valence-corrected chi connectivity index (χ4v) is 4.40. The van der Waals surface area contributed by atoms with E-state index in [0.29, 0.717) is 6.54 Å². The van der Waals surface area contributed by atoms with E-state index in [1.54, 1.807) is 0 Å². The zero-order chi connectivity index (χ0) is 19.9. The molecule has 0 spiro atoms. The highest BCUT2D eigenvalue weighted by Crippen LogP contribution is 2.34. The molecule has 3 rings (SSSR count). The number of rotatable bonds is 5. The van der Waals surface area contributed by atoms with E-state index in [9.17, 15) is 9.59 Å². The second kappa shape index (κ2) is 9.94. The van der Waals surface area contributed by atoms with Crippen molar-refractivity contribution in [3.63, 3.8) is 0 Å². The molecule has 2 fully saturated rings. The Kier molecular flexibility index (Phi) is 7.35. The number of likely N-dealkylation sites (tertiary alicyclic amines) is 1. The van der Waals surface area contributed by atoms with Gasteiger partial charge in [0.2, 0.25) is 5.91 Å². The third-order valence-corrected chi connectivity index (χ3v) is 6.33. The van der Waals surface area contributed by atoms with Crippen molar-refractivity contribution in [1.29, 1.82) is 0 Å². The molecular formula is C23H35N3O2. The van der Waals surface area contributed by atoms with Gasteiger partial charge in [0.1, 0.15) is 0 Å². The second-order valence-corrected chi connectivity index (χ2v) is 8.46. The number of benzene rings is 1. The summed E-state index contributed by atoms with van der Waals surface area (Å²) in [5.74, 6) is -0.0533. The van der Waals surface area contributed by atoms with Gasteiger partial charge < -0.3 is 15.5 Å². The Morgan fingerprint density at radius 1 is 1.07 bits per heavy atom. The molecule has 1 aromatic carbocycles. The predicted molar refractivity (Wildman–Crippen MR) is 112 cm³/mol. The lowest BCUT2D eigenvalue weighted by atomic mass is 9.88. The molecule has 3 amide bonds. The van der Waals surface area contributed by atoms with Gasteiger partial charge in [-0.25, -0.2) is 4.79 Å². The van der Waals surface area contributed by atoms with E-state index < -0.39 is 0 Å². The number of hydrogen-bond acceptors (Lipinski definition) is 2. The molecule has 1 aromatic rings.